The van der Waals surface area contributed by atoms with Crippen molar-refractivity contribution in [3.8, 4) is 0 Å². The van der Waals surface area contributed by atoms with E-state index in [0.717, 1.165) is 36.3 Å². The first-order chi connectivity index (χ1) is 14.1. The first kappa shape index (κ1) is 19.2. The van der Waals surface area contributed by atoms with Crippen LogP contribution in [0.4, 0.5) is 4.39 Å². The first-order valence-corrected chi connectivity index (χ1v) is 10.0. The Labute approximate surface area is 170 Å². The van der Waals surface area contributed by atoms with Crippen molar-refractivity contribution in [2.45, 2.75) is 32.1 Å². The van der Waals surface area contributed by atoms with Crippen LogP contribution in [0.3, 0.4) is 0 Å². The number of likely N-dealkylation sites (tertiary alicyclic amines) is 1. The van der Waals surface area contributed by atoms with Gasteiger partial charge in [0.1, 0.15) is 11.6 Å². The van der Waals surface area contributed by atoms with Gasteiger partial charge in [0, 0.05) is 31.6 Å². The van der Waals surface area contributed by atoms with E-state index < -0.39 is 5.82 Å². The summed E-state index contributed by atoms with van der Waals surface area (Å²) in [6.45, 7) is 3.08. The van der Waals surface area contributed by atoms with E-state index in [2.05, 4.69) is 17.1 Å². The monoisotopic (exact) mass is 389 g/mol. The molecule has 3 aromatic rings. The Morgan fingerprint density at radius 3 is 2.69 bits per heavy atom. The molecule has 2 heterocycles. The molecule has 5 heteroatoms. The van der Waals surface area contributed by atoms with Gasteiger partial charge in [-0.25, -0.2) is 14.4 Å². The summed E-state index contributed by atoms with van der Waals surface area (Å²) >= 11 is 0. The first-order valence-electron chi connectivity index (χ1n) is 10.0. The van der Waals surface area contributed by atoms with Crippen molar-refractivity contribution < 1.29 is 9.18 Å². The van der Waals surface area contributed by atoms with Gasteiger partial charge >= 0.3 is 0 Å². The SMILES string of the molecule is Cc1ncc(Cc2ccccc2)c([C@H]2CCCN(C(=O)c3ccccc3F)C2)n1. The lowest BCUT2D eigenvalue weighted by Crippen LogP contribution is -2.40. The Morgan fingerprint density at radius 1 is 1.14 bits per heavy atom. The number of aromatic nitrogens is 2. The minimum atomic E-state index is -0.470. The van der Waals surface area contributed by atoms with Crippen LogP contribution in [-0.4, -0.2) is 33.9 Å². The second-order valence-electron chi connectivity index (χ2n) is 7.56. The van der Waals surface area contributed by atoms with Gasteiger partial charge in [-0.15, -0.1) is 0 Å². The third-order valence-corrected chi connectivity index (χ3v) is 5.46. The molecule has 0 bridgehead atoms. The number of piperidine rings is 1. The van der Waals surface area contributed by atoms with Crippen LogP contribution in [0.25, 0.3) is 0 Å². The van der Waals surface area contributed by atoms with Crippen molar-refractivity contribution in [2.75, 3.05) is 13.1 Å². The minimum absolute atomic E-state index is 0.125. The molecule has 0 saturated carbocycles. The third kappa shape index (κ3) is 4.34. The smallest absolute Gasteiger partial charge is 0.256 e. The van der Waals surface area contributed by atoms with Gasteiger partial charge in [-0.1, -0.05) is 42.5 Å². The van der Waals surface area contributed by atoms with E-state index in [0.29, 0.717) is 13.1 Å². The summed E-state index contributed by atoms with van der Waals surface area (Å²) in [6, 6.07) is 16.4. The highest BCUT2D eigenvalue weighted by Crippen LogP contribution is 2.30. The number of benzene rings is 2. The molecule has 0 N–H and O–H groups in total. The number of halogens is 1. The molecule has 0 radical (unpaired) electrons. The molecule has 0 unspecified atom stereocenters. The lowest BCUT2D eigenvalue weighted by Gasteiger charge is -2.33. The summed E-state index contributed by atoms with van der Waals surface area (Å²) in [7, 11) is 0. The van der Waals surface area contributed by atoms with E-state index in [4.69, 9.17) is 4.98 Å². The second-order valence-corrected chi connectivity index (χ2v) is 7.56. The van der Waals surface area contributed by atoms with Crippen molar-refractivity contribution >= 4 is 5.91 Å². The summed E-state index contributed by atoms with van der Waals surface area (Å²) in [6.07, 6.45) is 4.49. The number of aryl methyl sites for hydroxylation is 1. The highest BCUT2D eigenvalue weighted by atomic mass is 19.1. The average Bonchev–Trinajstić information content (AvgIpc) is 2.76. The molecular weight excluding hydrogens is 365 g/mol. The number of nitrogens with zero attached hydrogens (tertiary/aromatic N) is 3. The van der Waals surface area contributed by atoms with Crippen LogP contribution in [0.2, 0.25) is 0 Å². The fraction of sp³-hybridized carbons (Fsp3) is 0.292. The van der Waals surface area contributed by atoms with E-state index >= 15 is 0 Å². The molecule has 1 aliphatic rings. The summed E-state index contributed by atoms with van der Waals surface area (Å²) in [5.74, 6) is 0.139. The van der Waals surface area contributed by atoms with Gasteiger partial charge in [0.2, 0.25) is 0 Å². The Bertz CT molecular complexity index is 1010. The number of carbonyl (C=O) groups is 1. The van der Waals surface area contributed by atoms with Gasteiger partial charge in [-0.3, -0.25) is 4.79 Å². The number of carbonyl (C=O) groups excluding carboxylic acids is 1. The number of rotatable bonds is 4. The van der Waals surface area contributed by atoms with Crippen LogP contribution in [0, 0.1) is 12.7 Å². The summed E-state index contributed by atoms with van der Waals surface area (Å²) in [4.78, 5) is 23.8. The fourth-order valence-corrected chi connectivity index (χ4v) is 4.01. The lowest BCUT2D eigenvalue weighted by molar-refractivity contribution is 0.0701. The maximum atomic E-state index is 14.1. The van der Waals surface area contributed by atoms with Crippen molar-refractivity contribution in [1.82, 2.24) is 14.9 Å². The van der Waals surface area contributed by atoms with Crippen LogP contribution in [0.5, 0.6) is 0 Å². The molecule has 1 atom stereocenters. The van der Waals surface area contributed by atoms with E-state index in [9.17, 15) is 9.18 Å². The Hall–Kier alpha value is -3.08. The molecule has 2 aromatic carbocycles. The second kappa shape index (κ2) is 8.52. The minimum Gasteiger partial charge on any atom is -0.338 e. The standard InChI is InChI=1S/C24H24FN3O/c1-17-26-15-20(14-18-8-3-2-4-9-18)23(27-17)19-10-7-13-28(16-19)24(29)21-11-5-6-12-22(21)25/h2-6,8-9,11-12,15,19H,7,10,13-14,16H2,1H3/t19-/m0/s1. The third-order valence-electron chi connectivity index (χ3n) is 5.46. The molecule has 148 valence electrons. The van der Waals surface area contributed by atoms with Crippen molar-refractivity contribution in [3.05, 3.63) is 94.8 Å². The molecule has 0 aliphatic carbocycles. The zero-order valence-electron chi connectivity index (χ0n) is 16.5. The van der Waals surface area contributed by atoms with Gasteiger partial charge in [0.15, 0.2) is 0 Å². The van der Waals surface area contributed by atoms with Crippen molar-refractivity contribution in [1.29, 1.82) is 0 Å². The van der Waals surface area contributed by atoms with Crippen LogP contribution < -0.4 is 0 Å². The topological polar surface area (TPSA) is 46.1 Å². The number of hydrogen-bond donors (Lipinski definition) is 0. The zero-order valence-corrected chi connectivity index (χ0v) is 16.5. The molecule has 1 saturated heterocycles. The maximum absolute atomic E-state index is 14.1. The van der Waals surface area contributed by atoms with Gasteiger partial charge in [0.25, 0.3) is 5.91 Å². The molecular formula is C24H24FN3O. The highest BCUT2D eigenvalue weighted by molar-refractivity contribution is 5.94. The predicted molar refractivity (Wildman–Crippen MR) is 110 cm³/mol. The normalized spacial score (nSPS) is 16.6. The van der Waals surface area contributed by atoms with Crippen LogP contribution in [0.15, 0.2) is 60.8 Å². The van der Waals surface area contributed by atoms with E-state index in [1.165, 1.54) is 11.6 Å². The molecule has 1 fully saturated rings. The van der Waals surface area contributed by atoms with Crippen molar-refractivity contribution in [3.63, 3.8) is 0 Å². The maximum Gasteiger partial charge on any atom is 0.256 e. The van der Waals surface area contributed by atoms with E-state index in [1.54, 1.807) is 23.1 Å². The van der Waals surface area contributed by atoms with Crippen molar-refractivity contribution in [2.24, 2.45) is 0 Å². The predicted octanol–water partition coefficient (Wildman–Crippen LogP) is 4.53. The van der Waals surface area contributed by atoms with Crippen LogP contribution in [-0.2, 0) is 6.42 Å². The summed E-state index contributed by atoms with van der Waals surface area (Å²) in [5, 5.41) is 0. The van der Waals surface area contributed by atoms with E-state index in [-0.39, 0.29) is 17.4 Å². The quantitative estimate of drug-likeness (QED) is 0.658. The molecule has 1 amide bonds. The molecule has 4 nitrogen and oxygen atoms in total. The molecule has 4 rings (SSSR count). The summed E-state index contributed by atoms with van der Waals surface area (Å²) in [5.41, 5.74) is 3.44. The summed E-state index contributed by atoms with van der Waals surface area (Å²) < 4.78 is 14.1. The molecule has 29 heavy (non-hydrogen) atoms. The Morgan fingerprint density at radius 2 is 1.90 bits per heavy atom. The van der Waals surface area contributed by atoms with Gasteiger partial charge in [-0.2, -0.15) is 0 Å². The number of amides is 1. The average molecular weight is 389 g/mol. The molecule has 1 aliphatic heterocycles. The van der Waals surface area contributed by atoms with Gasteiger partial charge in [-0.05, 0) is 43.0 Å². The fourth-order valence-electron chi connectivity index (χ4n) is 4.01. The lowest BCUT2D eigenvalue weighted by atomic mass is 9.89. The van der Waals surface area contributed by atoms with Gasteiger partial charge < -0.3 is 4.90 Å². The van der Waals surface area contributed by atoms with E-state index in [1.807, 2.05) is 31.3 Å². The molecule has 1 aromatic heterocycles. The zero-order chi connectivity index (χ0) is 20.2. The highest BCUT2D eigenvalue weighted by Gasteiger charge is 2.29. The Kier molecular flexibility index (Phi) is 5.65. The van der Waals surface area contributed by atoms with Crippen LogP contribution >= 0.6 is 0 Å². The van der Waals surface area contributed by atoms with Crippen LogP contribution in [0.1, 0.15) is 51.8 Å². The number of hydrogen-bond acceptors (Lipinski definition) is 3. The largest absolute Gasteiger partial charge is 0.338 e. The Balaban J connectivity index is 1.59. The molecule has 0 spiro atoms. The van der Waals surface area contributed by atoms with Gasteiger partial charge in [0.05, 0.1) is 11.3 Å².